The highest BCUT2D eigenvalue weighted by atomic mass is 32.2. The zero-order valence-corrected chi connectivity index (χ0v) is 7.79. The lowest BCUT2D eigenvalue weighted by Gasteiger charge is -2.17. The van der Waals surface area contributed by atoms with Crippen LogP contribution in [0.15, 0.2) is 0 Å². The zero-order valence-electron chi connectivity index (χ0n) is 6.98. The standard InChI is InChI=1S/C7H16N2S/c1-4-7(8)9(2)5-6-10-3/h8H,4-6H2,1-3H3. The first-order valence-electron chi connectivity index (χ1n) is 3.49. The summed E-state index contributed by atoms with van der Waals surface area (Å²) in [5, 5.41) is 7.44. The molecule has 0 aromatic carbocycles. The normalized spacial score (nSPS) is 9.50. The van der Waals surface area contributed by atoms with Crippen LogP contribution in [-0.4, -0.2) is 36.3 Å². The molecule has 3 heteroatoms. The Balaban J connectivity index is 3.41. The van der Waals surface area contributed by atoms with Gasteiger partial charge in [0, 0.05) is 25.8 Å². The highest BCUT2D eigenvalue weighted by molar-refractivity contribution is 7.98. The smallest absolute Gasteiger partial charge is 0.0952 e. The Bertz CT molecular complexity index is 104. The third-order valence-electron chi connectivity index (χ3n) is 1.43. The van der Waals surface area contributed by atoms with Gasteiger partial charge in [0.1, 0.15) is 0 Å². The molecule has 0 aromatic heterocycles. The van der Waals surface area contributed by atoms with Crippen LogP contribution in [0.2, 0.25) is 0 Å². The van der Waals surface area contributed by atoms with Crippen LogP contribution in [0.5, 0.6) is 0 Å². The molecular weight excluding hydrogens is 144 g/mol. The maximum Gasteiger partial charge on any atom is 0.0952 e. The van der Waals surface area contributed by atoms with Crippen LogP contribution in [0, 0.1) is 5.41 Å². The van der Waals surface area contributed by atoms with Crippen LogP contribution >= 0.6 is 11.8 Å². The van der Waals surface area contributed by atoms with E-state index in [0.717, 1.165) is 24.6 Å². The summed E-state index contributed by atoms with van der Waals surface area (Å²) in [6.07, 6.45) is 2.92. The molecule has 0 fully saturated rings. The molecule has 0 aromatic rings. The maximum absolute atomic E-state index is 7.44. The quantitative estimate of drug-likeness (QED) is 0.500. The van der Waals surface area contributed by atoms with Crippen molar-refractivity contribution < 1.29 is 0 Å². The van der Waals surface area contributed by atoms with E-state index in [1.54, 1.807) is 0 Å². The minimum absolute atomic E-state index is 0.731. The van der Waals surface area contributed by atoms with Crippen molar-refractivity contribution >= 4 is 17.6 Å². The summed E-state index contributed by atoms with van der Waals surface area (Å²) < 4.78 is 0. The highest BCUT2D eigenvalue weighted by Crippen LogP contribution is 1.95. The summed E-state index contributed by atoms with van der Waals surface area (Å²) in [5.41, 5.74) is 0. The van der Waals surface area contributed by atoms with Crippen molar-refractivity contribution in [3.8, 4) is 0 Å². The summed E-state index contributed by atoms with van der Waals surface area (Å²) in [6.45, 7) is 3.01. The van der Waals surface area contributed by atoms with Crippen molar-refractivity contribution in [2.75, 3.05) is 25.6 Å². The van der Waals surface area contributed by atoms with E-state index >= 15 is 0 Å². The van der Waals surface area contributed by atoms with Crippen molar-refractivity contribution in [3.05, 3.63) is 0 Å². The van der Waals surface area contributed by atoms with Crippen molar-refractivity contribution in [1.29, 1.82) is 5.41 Å². The zero-order chi connectivity index (χ0) is 7.98. The molecule has 2 nitrogen and oxygen atoms in total. The van der Waals surface area contributed by atoms with Gasteiger partial charge in [-0.1, -0.05) is 6.92 Å². The van der Waals surface area contributed by atoms with Crippen molar-refractivity contribution in [2.24, 2.45) is 0 Å². The SMILES string of the molecule is CCC(=N)N(C)CCSC. The van der Waals surface area contributed by atoms with Crippen molar-refractivity contribution in [2.45, 2.75) is 13.3 Å². The molecule has 0 aliphatic heterocycles. The molecule has 0 heterocycles. The first-order valence-corrected chi connectivity index (χ1v) is 4.89. The maximum atomic E-state index is 7.44. The Kier molecular flexibility index (Phi) is 5.49. The van der Waals surface area contributed by atoms with E-state index in [9.17, 15) is 0 Å². The number of amidine groups is 1. The molecule has 0 bridgehead atoms. The summed E-state index contributed by atoms with van der Waals surface area (Å²) in [7, 11) is 1.97. The van der Waals surface area contributed by atoms with E-state index in [2.05, 4.69) is 6.26 Å². The average molecular weight is 160 g/mol. The topological polar surface area (TPSA) is 27.1 Å². The lowest BCUT2D eigenvalue weighted by atomic mass is 10.4. The van der Waals surface area contributed by atoms with Gasteiger partial charge in [-0.15, -0.1) is 0 Å². The molecule has 1 N–H and O–H groups in total. The number of hydrogen-bond donors (Lipinski definition) is 1. The van der Waals surface area contributed by atoms with Crippen LogP contribution in [0.25, 0.3) is 0 Å². The Morgan fingerprint density at radius 1 is 1.60 bits per heavy atom. The lowest BCUT2D eigenvalue weighted by Crippen LogP contribution is -2.27. The van der Waals surface area contributed by atoms with Gasteiger partial charge in [-0.05, 0) is 6.26 Å². The van der Waals surface area contributed by atoms with Gasteiger partial charge in [-0.2, -0.15) is 11.8 Å². The number of hydrogen-bond acceptors (Lipinski definition) is 2. The molecule has 60 valence electrons. The molecule has 0 atom stereocenters. The van der Waals surface area contributed by atoms with Crippen LogP contribution in [0.4, 0.5) is 0 Å². The van der Waals surface area contributed by atoms with E-state index < -0.39 is 0 Å². The van der Waals surface area contributed by atoms with E-state index in [0.29, 0.717) is 0 Å². The molecule has 0 radical (unpaired) electrons. The molecule has 0 aliphatic rings. The Morgan fingerprint density at radius 2 is 2.20 bits per heavy atom. The van der Waals surface area contributed by atoms with Crippen LogP contribution in [0.3, 0.4) is 0 Å². The first kappa shape index (κ1) is 9.82. The fourth-order valence-corrected chi connectivity index (χ4v) is 1.09. The van der Waals surface area contributed by atoms with Gasteiger partial charge < -0.3 is 4.90 Å². The Morgan fingerprint density at radius 3 is 2.60 bits per heavy atom. The number of rotatable bonds is 4. The van der Waals surface area contributed by atoms with Crippen molar-refractivity contribution in [1.82, 2.24) is 4.90 Å². The van der Waals surface area contributed by atoms with Gasteiger partial charge in [-0.25, -0.2) is 0 Å². The van der Waals surface area contributed by atoms with E-state index in [1.165, 1.54) is 0 Å². The molecular formula is C7H16N2S. The molecule has 0 aliphatic carbocycles. The summed E-state index contributed by atoms with van der Waals surface area (Å²) >= 11 is 1.82. The largest absolute Gasteiger partial charge is 0.363 e. The van der Waals surface area contributed by atoms with Gasteiger partial charge >= 0.3 is 0 Å². The highest BCUT2D eigenvalue weighted by Gasteiger charge is 1.98. The predicted octanol–water partition coefficient (Wildman–Crippen LogP) is 1.67. The van der Waals surface area contributed by atoms with Crippen LogP contribution in [-0.2, 0) is 0 Å². The van der Waals surface area contributed by atoms with E-state index in [1.807, 2.05) is 30.6 Å². The summed E-state index contributed by atoms with van der Waals surface area (Å²) in [6, 6.07) is 0. The fraction of sp³-hybridized carbons (Fsp3) is 0.857. The van der Waals surface area contributed by atoms with Crippen LogP contribution < -0.4 is 0 Å². The minimum atomic E-state index is 0.731. The predicted molar refractivity (Wildman–Crippen MR) is 49.0 cm³/mol. The average Bonchev–Trinajstić information content (AvgIpc) is 1.98. The Hall–Kier alpha value is -0.180. The molecule has 0 rings (SSSR count). The molecule has 10 heavy (non-hydrogen) atoms. The molecule has 0 amide bonds. The van der Waals surface area contributed by atoms with Crippen LogP contribution in [0.1, 0.15) is 13.3 Å². The monoisotopic (exact) mass is 160 g/mol. The Labute approximate surface area is 67.5 Å². The molecule has 0 unspecified atom stereocenters. The molecule has 0 saturated carbocycles. The third kappa shape index (κ3) is 3.77. The van der Waals surface area contributed by atoms with E-state index in [-0.39, 0.29) is 0 Å². The van der Waals surface area contributed by atoms with Gasteiger partial charge in [0.25, 0.3) is 0 Å². The number of thioether (sulfide) groups is 1. The second kappa shape index (κ2) is 5.59. The van der Waals surface area contributed by atoms with E-state index in [4.69, 9.17) is 5.41 Å². The van der Waals surface area contributed by atoms with Gasteiger partial charge in [-0.3, -0.25) is 5.41 Å². The summed E-state index contributed by atoms with van der Waals surface area (Å²) in [4.78, 5) is 2.00. The van der Waals surface area contributed by atoms with Gasteiger partial charge in [0.2, 0.25) is 0 Å². The lowest BCUT2D eigenvalue weighted by molar-refractivity contribution is 0.525. The molecule has 0 saturated heterocycles. The third-order valence-corrected chi connectivity index (χ3v) is 2.02. The van der Waals surface area contributed by atoms with Gasteiger partial charge in [0.15, 0.2) is 0 Å². The number of nitrogens with one attached hydrogen (secondary N) is 1. The minimum Gasteiger partial charge on any atom is -0.363 e. The molecule has 0 spiro atoms. The first-order chi connectivity index (χ1) is 4.72. The van der Waals surface area contributed by atoms with Gasteiger partial charge in [0.05, 0.1) is 5.84 Å². The summed E-state index contributed by atoms with van der Waals surface area (Å²) in [5.74, 6) is 1.84. The fourth-order valence-electron chi connectivity index (χ4n) is 0.633. The second-order valence-electron chi connectivity index (χ2n) is 2.21. The van der Waals surface area contributed by atoms with Crippen molar-refractivity contribution in [3.63, 3.8) is 0 Å². The second-order valence-corrected chi connectivity index (χ2v) is 3.20. The number of nitrogens with zero attached hydrogens (tertiary/aromatic N) is 1.